The van der Waals surface area contributed by atoms with Crippen LogP contribution in [0.25, 0.3) is 5.69 Å². The Hall–Kier alpha value is -2.22. The number of halogens is 1. The fraction of sp³-hybridized carbons (Fsp3) is 0. The van der Waals surface area contributed by atoms with Crippen LogP contribution in [0.3, 0.4) is 0 Å². The van der Waals surface area contributed by atoms with Crippen molar-refractivity contribution in [3.05, 3.63) is 40.1 Å². The highest BCUT2D eigenvalue weighted by atomic mass is 79.9. The first-order valence-corrected chi connectivity index (χ1v) is 5.48. The van der Waals surface area contributed by atoms with Gasteiger partial charge in [-0.05, 0) is 24.3 Å². The molecule has 0 unspecified atom stereocenters. The molecule has 0 amide bonds. The summed E-state index contributed by atoms with van der Waals surface area (Å²) in [5.41, 5.74) is -0.661. The van der Waals surface area contributed by atoms with Gasteiger partial charge in [-0.15, -0.1) is 5.10 Å². The first-order chi connectivity index (χ1) is 8.50. The average molecular weight is 312 g/mol. The lowest BCUT2D eigenvalue weighted by atomic mass is 10.3. The van der Waals surface area contributed by atoms with Gasteiger partial charge in [0.1, 0.15) is 0 Å². The van der Waals surface area contributed by atoms with E-state index in [9.17, 15) is 9.59 Å². The summed E-state index contributed by atoms with van der Waals surface area (Å²) < 4.78 is 1.78. The fourth-order valence-corrected chi connectivity index (χ4v) is 1.65. The van der Waals surface area contributed by atoms with E-state index in [1.165, 1.54) is 0 Å². The summed E-state index contributed by atoms with van der Waals surface area (Å²) >= 11 is 3.24. The monoisotopic (exact) mass is 311 g/mol. The van der Waals surface area contributed by atoms with E-state index in [-0.39, 0.29) is 0 Å². The molecule has 0 radical (unpaired) electrons. The molecule has 0 aliphatic rings. The molecule has 1 aromatic carbocycles. The van der Waals surface area contributed by atoms with Crippen LogP contribution < -0.4 is 0 Å². The molecule has 92 valence electrons. The van der Waals surface area contributed by atoms with Crippen LogP contribution in [0, 0.1) is 0 Å². The number of carboxylic acid groups (broad SMARTS) is 2. The predicted molar refractivity (Wildman–Crippen MR) is 63.0 cm³/mol. The third-order valence-electron chi connectivity index (χ3n) is 2.15. The van der Waals surface area contributed by atoms with Crippen LogP contribution in [-0.2, 0) is 0 Å². The topological polar surface area (TPSA) is 105 Å². The van der Waals surface area contributed by atoms with Crippen LogP contribution in [0.2, 0.25) is 0 Å². The molecule has 2 rings (SSSR count). The van der Waals surface area contributed by atoms with Gasteiger partial charge in [-0.1, -0.05) is 21.1 Å². The SMILES string of the molecule is O=C(O)c1nnn(-c2ccc(Br)cc2)c1C(=O)O. The summed E-state index contributed by atoms with van der Waals surface area (Å²) in [6, 6.07) is 6.56. The number of rotatable bonds is 3. The lowest BCUT2D eigenvalue weighted by Gasteiger charge is -2.03. The van der Waals surface area contributed by atoms with Crippen molar-refractivity contribution in [2.45, 2.75) is 0 Å². The van der Waals surface area contributed by atoms with Crippen LogP contribution in [-0.4, -0.2) is 37.1 Å². The minimum atomic E-state index is -1.43. The second kappa shape index (κ2) is 4.57. The van der Waals surface area contributed by atoms with Gasteiger partial charge in [-0.2, -0.15) is 0 Å². The molecule has 1 aromatic heterocycles. The summed E-state index contributed by atoms with van der Waals surface area (Å²) in [5.74, 6) is -2.84. The van der Waals surface area contributed by atoms with Gasteiger partial charge in [0.05, 0.1) is 5.69 Å². The van der Waals surface area contributed by atoms with Gasteiger partial charge in [0, 0.05) is 4.47 Å². The van der Waals surface area contributed by atoms with Gasteiger partial charge in [0.2, 0.25) is 5.69 Å². The molecule has 2 aromatic rings. The Morgan fingerprint density at radius 1 is 1.11 bits per heavy atom. The van der Waals surface area contributed by atoms with Crippen LogP contribution in [0.15, 0.2) is 28.7 Å². The number of hydrogen-bond acceptors (Lipinski definition) is 4. The highest BCUT2D eigenvalue weighted by Crippen LogP contribution is 2.16. The Labute approximate surface area is 109 Å². The second-order valence-electron chi connectivity index (χ2n) is 3.29. The van der Waals surface area contributed by atoms with Gasteiger partial charge < -0.3 is 10.2 Å². The van der Waals surface area contributed by atoms with E-state index >= 15 is 0 Å². The number of benzene rings is 1. The van der Waals surface area contributed by atoms with Crippen LogP contribution >= 0.6 is 15.9 Å². The van der Waals surface area contributed by atoms with Crippen molar-refractivity contribution in [2.75, 3.05) is 0 Å². The van der Waals surface area contributed by atoms with Crippen molar-refractivity contribution in [1.82, 2.24) is 15.0 Å². The van der Waals surface area contributed by atoms with E-state index in [1.54, 1.807) is 24.3 Å². The maximum absolute atomic E-state index is 11.1. The number of carbonyl (C=O) groups is 2. The molecule has 0 aliphatic heterocycles. The Morgan fingerprint density at radius 3 is 2.22 bits per heavy atom. The maximum atomic E-state index is 11.1. The summed E-state index contributed by atoms with van der Waals surface area (Å²) in [5, 5.41) is 24.8. The summed E-state index contributed by atoms with van der Waals surface area (Å²) in [7, 11) is 0. The van der Waals surface area contributed by atoms with Crippen molar-refractivity contribution in [1.29, 1.82) is 0 Å². The molecule has 18 heavy (non-hydrogen) atoms. The zero-order chi connectivity index (χ0) is 13.3. The van der Waals surface area contributed by atoms with Crippen molar-refractivity contribution < 1.29 is 19.8 Å². The zero-order valence-corrected chi connectivity index (χ0v) is 10.3. The van der Waals surface area contributed by atoms with E-state index in [1.807, 2.05) is 0 Å². The van der Waals surface area contributed by atoms with Gasteiger partial charge in [-0.25, -0.2) is 14.3 Å². The van der Waals surface area contributed by atoms with Crippen LogP contribution in [0.1, 0.15) is 21.0 Å². The van der Waals surface area contributed by atoms with E-state index in [2.05, 4.69) is 26.2 Å². The molecule has 7 nitrogen and oxygen atoms in total. The Kier molecular flexibility index (Phi) is 3.11. The molecule has 0 bridgehead atoms. The summed E-state index contributed by atoms with van der Waals surface area (Å²) in [4.78, 5) is 21.9. The highest BCUT2D eigenvalue weighted by Gasteiger charge is 2.25. The molecule has 8 heteroatoms. The molecule has 0 spiro atoms. The quantitative estimate of drug-likeness (QED) is 0.888. The van der Waals surface area contributed by atoms with Crippen LogP contribution in [0.5, 0.6) is 0 Å². The van der Waals surface area contributed by atoms with Crippen molar-refractivity contribution in [3.63, 3.8) is 0 Å². The zero-order valence-electron chi connectivity index (χ0n) is 8.74. The number of aromatic nitrogens is 3. The van der Waals surface area contributed by atoms with Gasteiger partial charge >= 0.3 is 11.9 Å². The van der Waals surface area contributed by atoms with Gasteiger partial charge in [-0.3, -0.25) is 0 Å². The highest BCUT2D eigenvalue weighted by molar-refractivity contribution is 9.10. The van der Waals surface area contributed by atoms with E-state index in [0.29, 0.717) is 5.69 Å². The first-order valence-electron chi connectivity index (χ1n) is 4.69. The molecule has 0 aliphatic carbocycles. The minimum Gasteiger partial charge on any atom is -0.476 e. The second-order valence-corrected chi connectivity index (χ2v) is 4.20. The average Bonchev–Trinajstić information content (AvgIpc) is 2.74. The largest absolute Gasteiger partial charge is 0.476 e. The van der Waals surface area contributed by atoms with Crippen molar-refractivity contribution >= 4 is 27.9 Å². The van der Waals surface area contributed by atoms with Gasteiger partial charge in [0.25, 0.3) is 0 Å². The summed E-state index contributed by atoms with van der Waals surface area (Å²) in [6.07, 6.45) is 0. The molecule has 1 heterocycles. The van der Waals surface area contributed by atoms with E-state index in [0.717, 1.165) is 9.15 Å². The number of aromatic carboxylic acids is 2. The van der Waals surface area contributed by atoms with Crippen LogP contribution in [0.4, 0.5) is 0 Å². The first kappa shape index (κ1) is 12.2. The molecule has 0 saturated carbocycles. The molecule has 0 atom stereocenters. The fourth-order valence-electron chi connectivity index (χ4n) is 1.38. The Morgan fingerprint density at radius 2 is 1.72 bits per heavy atom. The lowest BCUT2D eigenvalue weighted by molar-refractivity contribution is 0.0642. The van der Waals surface area contributed by atoms with Crippen molar-refractivity contribution in [3.8, 4) is 5.69 Å². The molecular formula is C10H6BrN3O4. The number of carboxylic acids is 2. The molecular weight excluding hydrogens is 306 g/mol. The maximum Gasteiger partial charge on any atom is 0.359 e. The minimum absolute atomic E-state index is 0.413. The third-order valence-corrected chi connectivity index (χ3v) is 2.68. The predicted octanol–water partition coefficient (Wildman–Crippen LogP) is 1.43. The summed E-state index contributed by atoms with van der Waals surface area (Å²) in [6.45, 7) is 0. The lowest BCUT2D eigenvalue weighted by Crippen LogP contribution is -2.12. The molecule has 0 saturated heterocycles. The smallest absolute Gasteiger partial charge is 0.359 e. The Balaban J connectivity index is 2.61. The van der Waals surface area contributed by atoms with E-state index < -0.39 is 23.3 Å². The molecule has 2 N–H and O–H groups in total. The standard InChI is InChI=1S/C10H6BrN3O4/c11-5-1-3-6(4-2-5)14-8(10(17)18)7(9(15)16)12-13-14/h1-4H,(H,15,16)(H,17,18). The number of hydrogen-bond donors (Lipinski definition) is 2. The van der Waals surface area contributed by atoms with Crippen molar-refractivity contribution in [2.24, 2.45) is 0 Å². The number of nitrogens with zero attached hydrogens (tertiary/aromatic N) is 3. The third kappa shape index (κ3) is 2.09. The normalized spacial score (nSPS) is 10.3. The van der Waals surface area contributed by atoms with Gasteiger partial charge in [0.15, 0.2) is 5.69 Å². The molecule has 0 fully saturated rings. The Bertz CT molecular complexity index is 621. The van der Waals surface area contributed by atoms with E-state index in [4.69, 9.17) is 10.2 Å².